The van der Waals surface area contributed by atoms with E-state index in [0.29, 0.717) is 5.92 Å². The highest BCUT2D eigenvalue weighted by Crippen LogP contribution is 2.38. The van der Waals surface area contributed by atoms with Gasteiger partial charge in [-0.2, -0.15) is 11.3 Å². The lowest BCUT2D eigenvalue weighted by Gasteiger charge is -2.15. The first-order valence-electron chi connectivity index (χ1n) is 6.99. The van der Waals surface area contributed by atoms with Crippen LogP contribution in [0.25, 0.3) is 11.4 Å². The van der Waals surface area contributed by atoms with Crippen LogP contribution in [-0.4, -0.2) is 17.0 Å². The molecule has 0 amide bonds. The Kier molecular flexibility index (Phi) is 4.26. The van der Waals surface area contributed by atoms with Crippen molar-refractivity contribution in [2.45, 2.75) is 38.5 Å². The number of anilines is 1. The highest BCUT2D eigenvalue weighted by atomic mass is 127. The lowest BCUT2D eigenvalue weighted by molar-refractivity contribution is 0.691. The number of thiophene rings is 1. The van der Waals surface area contributed by atoms with Gasteiger partial charge in [0.15, 0.2) is 5.82 Å². The minimum atomic E-state index is 0.606. The zero-order valence-corrected chi connectivity index (χ0v) is 14.7. The lowest BCUT2D eigenvalue weighted by Crippen LogP contribution is -2.08. The molecular formula is C15H18IN3S. The molecule has 20 heavy (non-hydrogen) atoms. The molecule has 106 valence electrons. The summed E-state index contributed by atoms with van der Waals surface area (Å²) in [6, 6.07) is 0. The second kappa shape index (κ2) is 5.97. The molecule has 0 aromatic carbocycles. The summed E-state index contributed by atoms with van der Waals surface area (Å²) in [5.41, 5.74) is 3.67. The lowest BCUT2D eigenvalue weighted by atomic mass is 10.0. The smallest absolute Gasteiger partial charge is 0.162 e. The third kappa shape index (κ3) is 2.57. The number of aromatic nitrogens is 2. The van der Waals surface area contributed by atoms with Gasteiger partial charge in [0.2, 0.25) is 0 Å². The van der Waals surface area contributed by atoms with Crippen LogP contribution in [0.3, 0.4) is 0 Å². The standard InChI is InChI=1S/C15H18IN3S/c1-9-7-20-8-11(9)14-18-13(10-5-3-4-6-10)12(16)15(17-2)19-14/h7-8,10H,3-6H2,1-2H3,(H,17,18,19). The molecule has 1 N–H and O–H groups in total. The maximum absolute atomic E-state index is 4.91. The van der Waals surface area contributed by atoms with Crippen molar-refractivity contribution in [1.82, 2.24) is 9.97 Å². The molecule has 1 fully saturated rings. The van der Waals surface area contributed by atoms with Crippen molar-refractivity contribution >= 4 is 39.7 Å². The highest BCUT2D eigenvalue weighted by molar-refractivity contribution is 14.1. The van der Waals surface area contributed by atoms with Gasteiger partial charge in [-0.15, -0.1) is 0 Å². The Morgan fingerprint density at radius 1 is 1.25 bits per heavy atom. The average molecular weight is 399 g/mol. The second-order valence-electron chi connectivity index (χ2n) is 5.29. The Labute approximate surface area is 137 Å². The van der Waals surface area contributed by atoms with E-state index in [-0.39, 0.29) is 0 Å². The van der Waals surface area contributed by atoms with E-state index in [1.807, 2.05) is 7.05 Å². The summed E-state index contributed by atoms with van der Waals surface area (Å²) in [7, 11) is 1.94. The number of hydrogen-bond donors (Lipinski definition) is 1. The number of aryl methyl sites for hydroxylation is 1. The summed E-state index contributed by atoms with van der Waals surface area (Å²) >= 11 is 4.10. The Morgan fingerprint density at radius 3 is 2.60 bits per heavy atom. The van der Waals surface area contributed by atoms with Crippen LogP contribution < -0.4 is 5.32 Å². The van der Waals surface area contributed by atoms with Crippen molar-refractivity contribution in [3.05, 3.63) is 25.6 Å². The molecule has 0 bridgehead atoms. The van der Waals surface area contributed by atoms with Crippen molar-refractivity contribution < 1.29 is 0 Å². The second-order valence-corrected chi connectivity index (χ2v) is 7.12. The molecule has 1 aliphatic carbocycles. The fraction of sp³-hybridized carbons (Fsp3) is 0.467. The number of rotatable bonds is 3. The molecule has 2 aromatic heterocycles. The summed E-state index contributed by atoms with van der Waals surface area (Å²) < 4.78 is 1.19. The first kappa shape index (κ1) is 14.3. The summed E-state index contributed by atoms with van der Waals surface area (Å²) in [5, 5.41) is 7.53. The van der Waals surface area contributed by atoms with Crippen molar-refractivity contribution in [2.24, 2.45) is 0 Å². The molecule has 5 heteroatoms. The molecule has 2 heterocycles. The van der Waals surface area contributed by atoms with Gasteiger partial charge in [-0.25, -0.2) is 9.97 Å². The summed E-state index contributed by atoms with van der Waals surface area (Å²) in [6.07, 6.45) is 5.18. The van der Waals surface area contributed by atoms with E-state index in [1.165, 1.54) is 46.1 Å². The van der Waals surface area contributed by atoms with E-state index in [4.69, 9.17) is 9.97 Å². The normalized spacial score (nSPS) is 15.8. The van der Waals surface area contributed by atoms with Gasteiger partial charge in [-0.3, -0.25) is 0 Å². The van der Waals surface area contributed by atoms with Gasteiger partial charge in [0.25, 0.3) is 0 Å². The zero-order chi connectivity index (χ0) is 14.1. The molecule has 3 nitrogen and oxygen atoms in total. The first-order valence-corrected chi connectivity index (χ1v) is 9.01. The number of nitrogens with one attached hydrogen (secondary N) is 1. The predicted octanol–water partition coefficient (Wildman–Crippen LogP) is 4.82. The molecule has 0 aliphatic heterocycles. The molecule has 1 saturated carbocycles. The maximum atomic E-state index is 4.91. The third-order valence-electron chi connectivity index (χ3n) is 3.95. The van der Waals surface area contributed by atoms with Crippen LogP contribution in [0.2, 0.25) is 0 Å². The zero-order valence-electron chi connectivity index (χ0n) is 11.7. The molecule has 0 radical (unpaired) electrons. The van der Waals surface area contributed by atoms with Gasteiger partial charge in [0.1, 0.15) is 5.82 Å². The quantitative estimate of drug-likeness (QED) is 0.753. The van der Waals surface area contributed by atoms with Crippen LogP contribution in [0, 0.1) is 10.5 Å². The van der Waals surface area contributed by atoms with E-state index >= 15 is 0 Å². The van der Waals surface area contributed by atoms with Gasteiger partial charge in [0.05, 0.1) is 9.26 Å². The molecule has 0 atom stereocenters. The maximum Gasteiger partial charge on any atom is 0.162 e. The first-order chi connectivity index (χ1) is 9.70. The van der Waals surface area contributed by atoms with E-state index in [1.54, 1.807) is 11.3 Å². The molecule has 2 aromatic rings. The van der Waals surface area contributed by atoms with Crippen LogP contribution in [0.15, 0.2) is 10.8 Å². The van der Waals surface area contributed by atoms with E-state index in [9.17, 15) is 0 Å². The molecule has 0 unspecified atom stereocenters. The van der Waals surface area contributed by atoms with E-state index < -0.39 is 0 Å². The van der Waals surface area contributed by atoms with Crippen molar-refractivity contribution in [1.29, 1.82) is 0 Å². The molecular weight excluding hydrogens is 381 g/mol. The van der Waals surface area contributed by atoms with Crippen LogP contribution in [0.5, 0.6) is 0 Å². The Bertz CT molecular complexity index is 618. The Morgan fingerprint density at radius 2 is 2.00 bits per heavy atom. The van der Waals surface area contributed by atoms with E-state index in [0.717, 1.165) is 11.6 Å². The fourth-order valence-corrected chi connectivity index (χ4v) is 4.59. The Hall–Kier alpha value is -0.690. The monoisotopic (exact) mass is 399 g/mol. The largest absolute Gasteiger partial charge is 0.372 e. The van der Waals surface area contributed by atoms with Crippen molar-refractivity contribution in [3.8, 4) is 11.4 Å². The summed E-state index contributed by atoms with van der Waals surface area (Å²) in [4.78, 5) is 9.62. The Balaban J connectivity index is 2.12. The summed E-state index contributed by atoms with van der Waals surface area (Å²) in [6.45, 7) is 2.13. The highest BCUT2D eigenvalue weighted by Gasteiger charge is 2.24. The predicted molar refractivity (Wildman–Crippen MR) is 93.6 cm³/mol. The van der Waals surface area contributed by atoms with Gasteiger partial charge in [-0.1, -0.05) is 12.8 Å². The van der Waals surface area contributed by atoms with Crippen molar-refractivity contribution in [2.75, 3.05) is 12.4 Å². The third-order valence-corrected chi connectivity index (χ3v) is 5.88. The molecule has 0 spiro atoms. The number of halogens is 1. The van der Waals surface area contributed by atoms with Gasteiger partial charge in [0, 0.05) is 23.9 Å². The van der Waals surface area contributed by atoms with Gasteiger partial charge >= 0.3 is 0 Å². The molecule has 1 aliphatic rings. The molecule has 3 rings (SSSR count). The average Bonchev–Trinajstić information content (AvgIpc) is 3.10. The van der Waals surface area contributed by atoms with E-state index in [2.05, 4.69) is 45.6 Å². The SMILES string of the molecule is CNc1nc(-c2cscc2C)nc(C2CCCC2)c1I. The van der Waals surface area contributed by atoms with Gasteiger partial charge < -0.3 is 5.32 Å². The fourth-order valence-electron chi connectivity index (χ4n) is 2.81. The number of hydrogen-bond acceptors (Lipinski definition) is 4. The van der Waals surface area contributed by atoms with Gasteiger partial charge in [-0.05, 0) is 53.3 Å². The van der Waals surface area contributed by atoms with Crippen LogP contribution in [-0.2, 0) is 0 Å². The van der Waals surface area contributed by atoms with Crippen molar-refractivity contribution in [3.63, 3.8) is 0 Å². The minimum Gasteiger partial charge on any atom is -0.372 e. The van der Waals surface area contributed by atoms with Crippen LogP contribution in [0.1, 0.15) is 42.9 Å². The number of nitrogens with zero attached hydrogens (tertiary/aromatic N) is 2. The molecule has 0 saturated heterocycles. The topological polar surface area (TPSA) is 37.8 Å². The summed E-state index contributed by atoms with van der Waals surface area (Å²) in [5.74, 6) is 2.44. The minimum absolute atomic E-state index is 0.606. The van der Waals surface area contributed by atoms with Crippen LogP contribution in [0.4, 0.5) is 5.82 Å². The van der Waals surface area contributed by atoms with Crippen LogP contribution >= 0.6 is 33.9 Å².